The molecule has 0 saturated carbocycles. The van der Waals surface area contributed by atoms with Gasteiger partial charge in [0.1, 0.15) is 30.5 Å². The van der Waals surface area contributed by atoms with Crippen LogP contribution in [0.15, 0.2) is 78.9 Å². The first-order valence-electron chi connectivity index (χ1n) is 10.6. The molecule has 2 aromatic carbocycles. The summed E-state index contributed by atoms with van der Waals surface area (Å²) in [5, 5.41) is 0. The van der Waals surface area contributed by atoms with Gasteiger partial charge in [-0.15, -0.1) is 0 Å². The van der Waals surface area contributed by atoms with E-state index < -0.39 is 29.8 Å². The maximum absolute atomic E-state index is 14.6. The number of esters is 3. The number of carbonyl (C=O) groups excluding carboxylic acids is 3. The highest BCUT2D eigenvalue weighted by Gasteiger charge is 2.18. The first kappa shape index (κ1) is 27.0. The van der Waals surface area contributed by atoms with Crippen LogP contribution >= 0.6 is 0 Å². The van der Waals surface area contributed by atoms with Crippen LogP contribution in [0, 0.1) is 5.82 Å². The van der Waals surface area contributed by atoms with Gasteiger partial charge in [-0.1, -0.05) is 31.9 Å². The van der Waals surface area contributed by atoms with E-state index in [4.69, 9.17) is 18.9 Å². The Morgan fingerprint density at radius 3 is 1.71 bits per heavy atom. The van der Waals surface area contributed by atoms with Crippen LogP contribution in [0.25, 0.3) is 11.1 Å². The van der Waals surface area contributed by atoms with Gasteiger partial charge in [-0.3, -0.25) is 0 Å². The molecule has 7 nitrogen and oxygen atoms in total. The van der Waals surface area contributed by atoms with Crippen LogP contribution in [0.2, 0.25) is 0 Å². The maximum Gasteiger partial charge on any atom is 0.338 e. The fraction of sp³-hybridized carbons (Fsp3) is 0.222. The van der Waals surface area contributed by atoms with Gasteiger partial charge in [-0.2, -0.15) is 0 Å². The first-order chi connectivity index (χ1) is 16.5. The fourth-order valence-electron chi connectivity index (χ4n) is 2.59. The van der Waals surface area contributed by atoms with Crippen molar-refractivity contribution >= 4 is 17.9 Å². The smallest absolute Gasteiger partial charge is 0.338 e. The minimum Gasteiger partial charge on any atom is -0.483 e. The monoisotopic (exact) mass is 482 g/mol. The minimum absolute atomic E-state index is 0.0654. The van der Waals surface area contributed by atoms with E-state index in [0.717, 1.165) is 6.07 Å². The number of hydrogen-bond donors (Lipinski definition) is 0. The molecular formula is C27H27FO7. The lowest BCUT2D eigenvalue weighted by Gasteiger charge is -2.19. The van der Waals surface area contributed by atoms with Gasteiger partial charge in [0.2, 0.25) is 0 Å². The Labute approximate surface area is 203 Å². The summed E-state index contributed by atoms with van der Waals surface area (Å²) in [6.07, 6.45) is -0.800. The second-order valence-electron chi connectivity index (χ2n) is 7.83. The summed E-state index contributed by atoms with van der Waals surface area (Å²) in [6, 6.07) is 10.5. The highest BCUT2D eigenvalue weighted by Crippen LogP contribution is 2.28. The molecule has 0 saturated heterocycles. The molecule has 35 heavy (non-hydrogen) atoms. The Bertz CT molecular complexity index is 1120. The molecule has 0 heterocycles. The average Bonchev–Trinajstić information content (AvgIpc) is 2.80. The quantitative estimate of drug-likeness (QED) is 0.254. The Kier molecular flexibility index (Phi) is 9.52. The normalized spacial score (nSPS) is 10.3. The van der Waals surface area contributed by atoms with Crippen LogP contribution in [0.3, 0.4) is 0 Å². The third-order valence-electron chi connectivity index (χ3n) is 4.47. The number of carbonyl (C=O) groups is 3. The van der Waals surface area contributed by atoms with Crippen molar-refractivity contribution in [1.82, 2.24) is 0 Å². The van der Waals surface area contributed by atoms with Crippen molar-refractivity contribution in [1.29, 1.82) is 0 Å². The molecule has 8 heteroatoms. The molecule has 184 valence electrons. The molecule has 0 atom stereocenters. The van der Waals surface area contributed by atoms with Gasteiger partial charge in [-0.25, -0.2) is 18.8 Å². The summed E-state index contributed by atoms with van der Waals surface area (Å²) in [4.78, 5) is 35.1. The molecule has 0 aliphatic heterocycles. The second kappa shape index (κ2) is 12.3. The van der Waals surface area contributed by atoms with Crippen molar-refractivity contribution in [2.45, 2.75) is 26.9 Å². The molecule has 0 aromatic heterocycles. The number of halogens is 1. The van der Waals surface area contributed by atoms with Gasteiger partial charge in [0.15, 0.2) is 6.10 Å². The predicted octanol–water partition coefficient (Wildman–Crippen LogP) is 4.96. The summed E-state index contributed by atoms with van der Waals surface area (Å²) < 4.78 is 35.7. The van der Waals surface area contributed by atoms with Crippen LogP contribution in [0.5, 0.6) is 11.5 Å². The Morgan fingerprint density at radius 1 is 0.771 bits per heavy atom. The number of hydrogen-bond acceptors (Lipinski definition) is 7. The van der Waals surface area contributed by atoms with Crippen molar-refractivity contribution in [2.75, 3.05) is 13.2 Å². The molecule has 0 unspecified atom stereocenters. The highest BCUT2D eigenvalue weighted by atomic mass is 19.1. The molecule has 0 amide bonds. The average molecular weight is 483 g/mol. The summed E-state index contributed by atoms with van der Waals surface area (Å²) >= 11 is 0. The topological polar surface area (TPSA) is 88.1 Å². The summed E-state index contributed by atoms with van der Waals surface area (Å²) in [5.41, 5.74) is 1.47. The van der Waals surface area contributed by atoms with Crippen molar-refractivity contribution in [2.24, 2.45) is 0 Å². The van der Waals surface area contributed by atoms with E-state index in [-0.39, 0.29) is 41.2 Å². The van der Waals surface area contributed by atoms with Crippen molar-refractivity contribution in [3.05, 3.63) is 84.7 Å². The zero-order chi connectivity index (χ0) is 26.1. The summed E-state index contributed by atoms with van der Waals surface area (Å²) in [7, 11) is 0. The van der Waals surface area contributed by atoms with Crippen LogP contribution in [-0.2, 0) is 23.9 Å². The van der Waals surface area contributed by atoms with Gasteiger partial charge in [0.05, 0.1) is 0 Å². The molecule has 0 aliphatic carbocycles. The molecule has 0 fully saturated rings. The van der Waals surface area contributed by atoms with Crippen molar-refractivity contribution in [3.8, 4) is 22.6 Å². The van der Waals surface area contributed by atoms with Crippen LogP contribution < -0.4 is 9.47 Å². The maximum atomic E-state index is 14.6. The van der Waals surface area contributed by atoms with Crippen molar-refractivity contribution in [3.63, 3.8) is 0 Å². The third kappa shape index (κ3) is 8.26. The van der Waals surface area contributed by atoms with E-state index in [2.05, 4.69) is 19.7 Å². The standard InChI is InChI=1S/C27H27FO7/c1-16(2)25(29)32-14-22(15-33-26(30)17(3)4)34-20-9-7-19(8-10-20)23-12-11-21(13-24(23)28)35-27(31)18(5)6/h7-13,22H,1,3,5,14-15H2,2,4,6H3. The Morgan fingerprint density at radius 2 is 1.26 bits per heavy atom. The van der Waals surface area contributed by atoms with Gasteiger partial charge in [-0.05, 0) is 50.6 Å². The van der Waals surface area contributed by atoms with E-state index in [1.165, 1.54) is 32.9 Å². The largest absolute Gasteiger partial charge is 0.483 e. The van der Waals surface area contributed by atoms with Crippen LogP contribution in [-0.4, -0.2) is 37.2 Å². The summed E-state index contributed by atoms with van der Waals surface area (Å²) in [5.74, 6) is -1.99. The zero-order valence-corrected chi connectivity index (χ0v) is 19.9. The van der Waals surface area contributed by atoms with Crippen LogP contribution in [0.1, 0.15) is 20.8 Å². The van der Waals surface area contributed by atoms with Crippen molar-refractivity contribution < 1.29 is 37.7 Å². The van der Waals surface area contributed by atoms with Gasteiger partial charge < -0.3 is 18.9 Å². The van der Waals surface area contributed by atoms with Gasteiger partial charge in [0.25, 0.3) is 0 Å². The van der Waals surface area contributed by atoms with Gasteiger partial charge in [0, 0.05) is 28.3 Å². The van der Waals surface area contributed by atoms with E-state index >= 15 is 0 Å². The molecular weight excluding hydrogens is 455 g/mol. The molecule has 0 N–H and O–H groups in total. The van der Waals surface area contributed by atoms with Crippen LogP contribution in [0.4, 0.5) is 4.39 Å². The molecule has 0 radical (unpaired) electrons. The predicted molar refractivity (Wildman–Crippen MR) is 128 cm³/mol. The lowest BCUT2D eigenvalue weighted by atomic mass is 10.0. The highest BCUT2D eigenvalue weighted by molar-refractivity contribution is 5.89. The molecule has 2 rings (SSSR count). The Hall–Kier alpha value is -4.20. The third-order valence-corrected chi connectivity index (χ3v) is 4.47. The molecule has 0 spiro atoms. The number of benzene rings is 2. The lowest BCUT2D eigenvalue weighted by Crippen LogP contribution is -2.31. The number of rotatable bonds is 11. The number of ether oxygens (including phenoxy) is 4. The van der Waals surface area contributed by atoms with E-state index in [9.17, 15) is 18.8 Å². The minimum atomic E-state index is -0.800. The second-order valence-corrected chi connectivity index (χ2v) is 7.83. The molecule has 0 bridgehead atoms. The zero-order valence-electron chi connectivity index (χ0n) is 19.9. The van der Waals surface area contributed by atoms with Gasteiger partial charge >= 0.3 is 17.9 Å². The van der Waals surface area contributed by atoms with E-state index in [1.807, 2.05) is 0 Å². The first-order valence-corrected chi connectivity index (χ1v) is 10.6. The fourth-order valence-corrected chi connectivity index (χ4v) is 2.59. The molecule has 0 aliphatic rings. The summed E-state index contributed by atoms with van der Waals surface area (Å²) in [6.45, 7) is 14.7. The SMILES string of the molecule is C=C(C)C(=O)OCC(COC(=O)C(=C)C)Oc1ccc(-c2ccc(OC(=O)C(=C)C)cc2F)cc1. The molecule has 2 aromatic rings. The van der Waals surface area contributed by atoms with E-state index in [1.54, 1.807) is 24.3 Å². The van der Waals surface area contributed by atoms with E-state index in [0.29, 0.717) is 11.3 Å². The Balaban J connectivity index is 2.12. The lowest BCUT2D eigenvalue weighted by molar-refractivity contribution is -0.146.